The normalized spacial score (nSPS) is 24.3. The number of hydrogen-bond acceptors (Lipinski definition) is 5. The summed E-state index contributed by atoms with van der Waals surface area (Å²) in [6, 6.07) is 0. The highest BCUT2D eigenvalue weighted by Crippen LogP contribution is 2.21. The second kappa shape index (κ2) is 4.34. The van der Waals surface area contributed by atoms with Crippen molar-refractivity contribution in [3.63, 3.8) is 0 Å². The Kier molecular flexibility index (Phi) is 3.13. The molecule has 0 bridgehead atoms. The van der Waals surface area contributed by atoms with Crippen LogP contribution in [-0.4, -0.2) is 48.2 Å². The Balaban J connectivity index is 2.29. The van der Waals surface area contributed by atoms with Crippen molar-refractivity contribution in [2.45, 2.75) is 23.9 Å². The van der Waals surface area contributed by atoms with Crippen LogP contribution in [0, 0.1) is 6.92 Å². The summed E-state index contributed by atoms with van der Waals surface area (Å²) in [4.78, 5) is 17.5. The van der Waals surface area contributed by atoms with Crippen molar-refractivity contribution >= 4 is 16.0 Å². The molecule has 2 rings (SSSR count). The van der Waals surface area contributed by atoms with Crippen LogP contribution in [0.4, 0.5) is 0 Å². The number of aliphatic carboxylic acids is 1. The first-order valence-corrected chi connectivity index (χ1v) is 6.71. The van der Waals surface area contributed by atoms with E-state index in [4.69, 9.17) is 9.84 Å². The lowest BCUT2D eigenvalue weighted by Crippen LogP contribution is -2.55. The number of carboxylic acids is 1. The molecule has 0 aromatic carbocycles. The van der Waals surface area contributed by atoms with Gasteiger partial charge in [-0.05, 0) is 6.92 Å². The Bertz CT molecular complexity index is 559. The Morgan fingerprint density at radius 1 is 1.67 bits per heavy atom. The molecule has 1 fully saturated rings. The molecule has 1 saturated heterocycles. The third-order valence-electron chi connectivity index (χ3n) is 2.73. The van der Waals surface area contributed by atoms with Gasteiger partial charge in [0.25, 0.3) is 10.0 Å². The number of ether oxygens (including phenoxy) is 1. The number of sulfonamides is 1. The zero-order valence-corrected chi connectivity index (χ0v) is 10.5. The van der Waals surface area contributed by atoms with Gasteiger partial charge in [0.1, 0.15) is 5.82 Å². The molecule has 8 nitrogen and oxygen atoms in total. The first-order valence-electron chi connectivity index (χ1n) is 5.22. The van der Waals surface area contributed by atoms with Crippen molar-refractivity contribution in [1.82, 2.24) is 14.7 Å². The Morgan fingerprint density at radius 3 is 2.83 bits per heavy atom. The van der Waals surface area contributed by atoms with E-state index in [1.54, 1.807) is 6.92 Å². The SMILES string of the molecule is Cc1ncc(S(=O)(=O)NC2(C(=O)O)CCOC2)[nH]1. The van der Waals surface area contributed by atoms with Gasteiger partial charge in [-0.25, -0.2) is 13.4 Å². The molecule has 0 spiro atoms. The van der Waals surface area contributed by atoms with Crippen LogP contribution in [-0.2, 0) is 19.6 Å². The van der Waals surface area contributed by atoms with E-state index in [-0.39, 0.29) is 24.7 Å². The molecule has 0 saturated carbocycles. The van der Waals surface area contributed by atoms with E-state index >= 15 is 0 Å². The highest BCUT2D eigenvalue weighted by Gasteiger charge is 2.46. The lowest BCUT2D eigenvalue weighted by Gasteiger charge is -2.22. The van der Waals surface area contributed by atoms with E-state index in [1.807, 2.05) is 0 Å². The van der Waals surface area contributed by atoms with Gasteiger partial charge in [-0.15, -0.1) is 0 Å². The monoisotopic (exact) mass is 275 g/mol. The molecule has 1 atom stereocenters. The van der Waals surface area contributed by atoms with Gasteiger partial charge in [-0.3, -0.25) is 4.79 Å². The molecule has 1 aliphatic rings. The molecule has 3 N–H and O–H groups in total. The lowest BCUT2D eigenvalue weighted by atomic mass is 10.0. The van der Waals surface area contributed by atoms with E-state index in [1.165, 1.54) is 0 Å². The van der Waals surface area contributed by atoms with Crippen molar-refractivity contribution in [2.75, 3.05) is 13.2 Å². The molecule has 0 aliphatic carbocycles. The van der Waals surface area contributed by atoms with Gasteiger partial charge in [-0.1, -0.05) is 0 Å². The van der Waals surface area contributed by atoms with Gasteiger partial charge >= 0.3 is 5.97 Å². The minimum atomic E-state index is -3.96. The number of H-pyrrole nitrogens is 1. The highest BCUT2D eigenvalue weighted by molar-refractivity contribution is 7.89. The molecular weight excluding hydrogens is 262 g/mol. The lowest BCUT2D eigenvalue weighted by molar-refractivity contribution is -0.144. The molecular formula is C9H13N3O5S. The fourth-order valence-corrected chi connectivity index (χ4v) is 3.05. The minimum Gasteiger partial charge on any atom is -0.480 e. The minimum absolute atomic E-state index is 0.0919. The van der Waals surface area contributed by atoms with Crippen molar-refractivity contribution in [3.05, 3.63) is 12.0 Å². The van der Waals surface area contributed by atoms with E-state index < -0.39 is 21.5 Å². The van der Waals surface area contributed by atoms with Crippen molar-refractivity contribution in [2.24, 2.45) is 0 Å². The van der Waals surface area contributed by atoms with Crippen molar-refractivity contribution in [1.29, 1.82) is 0 Å². The maximum Gasteiger partial charge on any atom is 0.327 e. The van der Waals surface area contributed by atoms with Crippen LogP contribution in [0.25, 0.3) is 0 Å². The summed E-state index contributed by atoms with van der Waals surface area (Å²) in [5.41, 5.74) is -1.60. The number of aromatic amines is 1. The standard InChI is InChI=1S/C9H13N3O5S/c1-6-10-4-7(11-6)18(15,16)12-9(8(13)14)2-3-17-5-9/h4,12H,2-3,5H2,1H3,(H,10,11)(H,13,14). The first kappa shape index (κ1) is 13.0. The Morgan fingerprint density at radius 2 is 2.39 bits per heavy atom. The number of rotatable bonds is 4. The number of imidazole rings is 1. The third-order valence-corrected chi connectivity index (χ3v) is 4.18. The fraction of sp³-hybridized carbons (Fsp3) is 0.556. The topological polar surface area (TPSA) is 121 Å². The Hall–Kier alpha value is -1.45. The summed E-state index contributed by atoms with van der Waals surface area (Å²) in [6.07, 6.45) is 1.23. The third kappa shape index (κ3) is 2.24. The van der Waals surface area contributed by atoms with Gasteiger partial charge in [-0.2, -0.15) is 4.72 Å². The summed E-state index contributed by atoms with van der Waals surface area (Å²) in [5.74, 6) is -0.817. The number of carboxylic acid groups (broad SMARTS) is 1. The van der Waals surface area contributed by atoms with E-state index in [2.05, 4.69) is 14.7 Å². The van der Waals surface area contributed by atoms with Crippen molar-refractivity contribution in [3.8, 4) is 0 Å². The average molecular weight is 275 g/mol. The quantitative estimate of drug-likeness (QED) is 0.664. The number of hydrogen-bond donors (Lipinski definition) is 3. The number of nitrogens with one attached hydrogen (secondary N) is 2. The number of aromatic nitrogens is 2. The van der Waals surface area contributed by atoms with Gasteiger partial charge in [0.2, 0.25) is 0 Å². The number of nitrogens with zero attached hydrogens (tertiary/aromatic N) is 1. The molecule has 100 valence electrons. The molecule has 1 aliphatic heterocycles. The van der Waals surface area contributed by atoms with Crippen LogP contribution in [0.2, 0.25) is 0 Å². The van der Waals surface area contributed by atoms with Crippen LogP contribution < -0.4 is 4.72 Å². The summed E-state index contributed by atoms with van der Waals surface area (Å²) in [6.45, 7) is 1.62. The molecule has 2 heterocycles. The molecule has 0 radical (unpaired) electrons. The van der Waals surface area contributed by atoms with E-state index in [9.17, 15) is 13.2 Å². The predicted molar refractivity (Wildman–Crippen MR) is 59.4 cm³/mol. The number of carbonyl (C=O) groups is 1. The predicted octanol–water partition coefficient (Wildman–Crippen LogP) is -0.760. The second-order valence-corrected chi connectivity index (χ2v) is 5.78. The maximum absolute atomic E-state index is 12.0. The smallest absolute Gasteiger partial charge is 0.327 e. The molecule has 1 aromatic heterocycles. The Labute approximate surface area is 103 Å². The van der Waals surface area contributed by atoms with E-state index in [0.29, 0.717) is 5.82 Å². The highest BCUT2D eigenvalue weighted by atomic mass is 32.2. The molecule has 0 amide bonds. The largest absolute Gasteiger partial charge is 0.480 e. The van der Waals surface area contributed by atoms with Crippen molar-refractivity contribution < 1.29 is 23.1 Å². The molecule has 18 heavy (non-hydrogen) atoms. The molecule has 1 aromatic rings. The van der Waals surface area contributed by atoms with Gasteiger partial charge in [0.05, 0.1) is 12.8 Å². The average Bonchev–Trinajstić information content (AvgIpc) is 2.87. The summed E-state index contributed by atoms with van der Waals surface area (Å²) < 4.78 is 31.2. The second-order valence-electron chi connectivity index (χ2n) is 4.13. The first-order chi connectivity index (χ1) is 8.36. The molecule has 9 heteroatoms. The summed E-state index contributed by atoms with van der Waals surface area (Å²) in [7, 11) is -3.96. The van der Waals surface area contributed by atoms with Gasteiger partial charge in [0.15, 0.2) is 10.6 Å². The van der Waals surface area contributed by atoms with E-state index in [0.717, 1.165) is 6.20 Å². The zero-order valence-electron chi connectivity index (χ0n) is 9.63. The van der Waals surface area contributed by atoms with Crippen LogP contribution >= 0.6 is 0 Å². The zero-order chi connectivity index (χ0) is 13.4. The molecule has 1 unspecified atom stereocenters. The van der Waals surface area contributed by atoms with Gasteiger partial charge in [0, 0.05) is 13.0 Å². The van der Waals surface area contributed by atoms with Crippen LogP contribution in [0.1, 0.15) is 12.2 Å². The fourth-order valence-electron chi connectivity index (χ4n) is 1.70. The summed E-state index contributed by atoms with van der Waals surface area (Å²) in [5, 5.41) is 8.99. The van der Waals surface area contributed by atoms with Crippen LogP contribution in [0.5, 0.6) is 0 Å². The van der Waals surface area contributed by atoms with Crippen LogP contribution in [0.3, 0.4) is 0 Å². The van der Waals surface area contributed by atoms with Crippen LogP contribution in [0.15, 0.2) is 11.2 Å². The summed E-state index contributed by atoms with van der Waals surface area (Å²) >= 11 is 0. The number of aryl methyl sites for hydroxylation is 1. The maximum atomic E-state index is 12.0. The van der Waals surface area contributed by atoms with Gasteiger partial charge < -0.3 is 14.8 Å².